The summed E-state index contributed by atoms with van der Waals surface area (Å²) >= 11 is 0. The maximum absolute atomic E-state index is 12.6. The van der Waals surface area contributed by atoms with Crippen molar-refractivity contribution in [3.63, 3.8) is 0 Å². The van der Waals surface area contributed by atoms with Crippen molar-refractivity contribution in [2.75, 3.05) is 0 Å². The van der Waals surface area contributed by atoms with E-state index in [0.29, 0.717) is 6.54 Å². The second kappa shape index (κ2) is 2.36. The summed E-state index contributed by atoms with van der Waals surface area (Å²) in [7, 11) is 1.46. The molecule has 0 radical (unpaired) electrons. The van der Waals surface area contributed by atoms with Crippen LogP contribution in [0.3, 0.4) is 0 Å². The first kappa shape index (κ1) is 7.18. The summed E-state index contributed by atoms with van der Waals surface area (Å²) in [6.45, 7) is 2.20. The molecule has 0 spiro atoms. The molecule has 0 atom stereocenters. The Kier molecular flexibility index (Phi) is 1.70. The molecule has 0 aliphatic heterocycles. The lowest BCUT2D eigenvalue weighted by molar-refractivity contribution is -0.699. The van der Waals surface area contributed by atoms with Gasteiger partial charge in [-0.2, -0.15) is 8.78 Å². The van der Waals surface area contributed by atoms with Crippen molar-refractivity contribution in [3.05, 3.63) is 18.2 Å². The Morgan fingerprint density at radius 2 is 2.20 bits per heavy atom. The van der Waals surface area contributed by atoms with Crippen LogP contribution in [0.2, 0.25) is 0 Å². The molecule has 0 unspecified atom stereocenters. The third-order valence-electron chi connectivity index (χ3n) is 1.39. The van der Waals surface area contributed by atoms with Gasteiger partial charge in [-0.05, 0) is 6.92 Å². The van der Waals surface area contributed by atoms with Crippen molar-refractivity contribution in [2.24, 2.45) is 7.05 Å². The quantitative estimate of drug-likeness (QED) is 0.515. The summed E-state index contributed by atoms with van der Waals surface area (Å²) in [4.78, 5) is 0. The van der Waals surface area contributed by atoms with Gasteiger partial charge in [0.1, 0.15) is 0 Å². The van der Waals surface area contributed by atoms with E-state index in [9.17, 15) is 8.78 Å². The average Bonchev–Trinajstić information content (AvgIpc) is 2.17. The molecule has 0 aliphatic carbocycles. The molecule has 4 heteroatoms. The van der Waals surface area contributed by atoms with Crippen molar-refractivity contribution in [1.82, 2.24) is 4.57 Å². The third kappa shape index (κ3) is 0.894. The maximum Gasteiger partial charge on any atom is 0.355 e. The second-order valence-electron chi connectivity index (χ2n) is 2.09. The van der Waals surface area contributed by atoms with Crippen molar-refractivity contribution in [1.29, 1.82) is 0 Å². The van der Waals surface area contributed by atoms with Crippen LogP contribution >= 0.6 is 0 Å². The van der Waals surface area contributed by atoms with E-state index in [1.54, 1.807) is 6.92 Å². The zero-order chi connectivity index (χ0) is 7.72. The lowest BCUT2D eigenvalue weighted by atomic mass is 10.7. The summed E-state index contributed by atoms with van der Waals surface area (Å²) in [5.74, 6) is -1.62. The van der Waals surface area contributed by atoms with Gasteiger partial charge in [0.2, 0.25) is 6.33 Å². The molecule has 10 heavy (non-hydrogen) atoms. The van der Waals surface area contributed by atoms with Gasteiger partial charge in [-0.3, -0.25) is 0 Å². The molecular formula is C6H9F2N2+. The first-order valence-corrected chi connectivity index (χ1v) is 3.06. The van der Waals surface area contributed by atoms with E-state index >= 15 is 0 Å². The Hall–Kier alpha value is -0.930. The first-order valence-electron chi connectivity index (χ1n) is 3.06. The van der Waals surface area contributed by atoms with Crippen LogP contribution in [-0.2, 0) is 13.6 Å². The number of imidazole rings is 1. The maximum atomic E-state index is 12.6. The number of aromatic nitrogens is 2. The lowest BCUT2D eigenvalue weighted by Gasteiger charge is -1.83. The van der Waals surface area contributed by atoms with E-state index in [0.717, 1.165) is 4.57 Å². The van der Waals surface area contributed by atoms with Crippen molar-refractivity contribution in [3.8, 4) is 0 Å². The molecule has 1 aromatic rings. The van der Waals surface area contributed by atoms with E-state index < -0.39 is 11.9 Å². The fourth-order valence-electron chi connectivity index (χ4n) is 0.795. The van der Waals surface area contributed by atoms with Gasteiger partial charge in [-0.1, -0.05) is 0 Å². The minimum Gasteiger partial charge on any atom is -0.206 e. The van der Waals surface area contributed by atoms with Crippen LogP contribution in [0.5, 0.6) is 0 Å². The van der Waals surface area contributed by atoms with Gasteiger partial charge >= 0.3 is 11.9 Å². The van der Waals surface area contributed by atoms with Gasteiger partial charge in [0.15, 0.2) is 0 Å². The molecular weight excluding hydrogens is 138 g/mol. The predicted octanol–water partition coefficient (Wildman–Crippen LogP) is 0.611. The van der Waals surface area contributed by atoms with Crippen LogP contribution in [0.15, 0.2) is 6.33 Å². The molecule has 0 bridgehead atoms. The zero-order valence-corrected chi connectivity index (χ0v) is 5.93. The van der Waals surface area contributed by atoms with Crippen LogP contribution in [0.25, 0.3) is 0 Å². The highest BCUT2D eigenvalue weighted by atomic mass is 19.2. The van der Waals surface area contributed by atoms with Crippen LogP contribution in [0.1, 0.15) is 6.92 Å². The highest BCUT2D eigenvalue weighted by Crippen LogP contribution is 1.99. The Morgan fingerprint density at radius 3 is 2.40 bits per heavy atom. The highest BCUT2D eigenvalue weighted by molar-refractivity contribution is 4.74. The number of hydrogen-bond acceptors (Lipinski definition) is 0. The molecule has 0 aromatic carbocycles. The SMILES string of the molecule is CCn1c[n+](C)c(F)c1F. The number of rotatable bonds is 1. The molecule has 0 aliphatic rings. The molecule has 0 N–H and O–H groups in total. The molecule has 0 saturated carbocycles. The summed E-state index contributed by atoms with van der Waals surface area (Å²) in [5, 5.41) is 0. The Morgan fingerprint density at radius 1 is 1.60 bits per heavy atom. The topological polar surface area (TPSA) is 8.81 Å². The second-order valence-corrected chi connectivity index (χ2v) is 2.09. The summed E-state index contributed by atoms with van der Waals surface area (Å²) in [6, 6.07) is 0. The van der Waals surface area contributed by atoms with Crippen molar-refractivity contribution < 1.29 is 13.3 Å². The van der Waals surface area contributed by atoms with Gasteiger partial charge in [0.05, 0.1) is 13.6 Å². The van der Waals surface area contributed by atoms with Crippen LogP contribution < -0.4 is 4.57 Å². The van der Waals surface area contributed by atoms with E-state index in [2.05, 4.69) is 0 Å². The summed E-state index contributed by atoms with van der Waals surface area (Å²) in [5.41, 5.74) is 0. The largest absolute Gasteiger partial charge is 0.355 e. The molecule has 1 heterocycles. The van der Waals surface area contributed by atoms with E-state index in [-0.39, 0.29) is 0 Å². The van der Waals surface area contributed by atoms with E-state index in [4.69, 9.17) is 0 Å². The summed E-state index contributed by atoms with van der Waals surface area (Å²) < 4.78 is 27.4. The fraction of sp³-hybridized carbons (Fsp3) is 0.500. The van der Waals surface area contributed by atoms with E-state index in [1.165, 1.54) is 17.9 Å². The minimum absolute atomic E-state index is 0.448. The normalized spacial score (nSPS) is 10.4. The smallest absolute Gasteiger partial charge is 0.206 e. The number of aryl methyl sites for hydroxylation is 2. The first-order chi connectivity index (χ1) is 4.66. The van der Waals surface area contributed by atoms with Gasteiger partial charge in [0, 0.05) is 0 Å². The average molecular weight is 147 g/mol. The highest BCUT2D eigenvalue weighted by Gasteiger charge is 2.19. The molecule has 0 amide bonds. The predicted molar refractivity (Wildman–Crippen MR) is 31.2 cm³/mol. The summed E-state index contributed by atoms with van der Waals surface area (Å²) in [6.07, 6.45) is 1.38. The third-order valence-corrected chi connectivity index (χ3v) is 1.39. The Bertz CT molecular complexity index is 242. The van der Waals surface area contributed by atoms with Gasteiger partial charge < -0.3 is 0 Å². The zero-order valence-electron chi connectivity index (χ0n) is 5.93. The molecule has 1 aromatic heterocycles. The van der Waals surface area contributed by atoms with E-state index in [1.807, 2.05) is 0 Å². The van der Waals surface area contributed by atoms with Gasteiger partial charge in [-0.25, -0.2) is 9.13 Å². The van der Waals surface area contributed by atoms with Crippen LogP contribution in [0, 0.1) is 11.9 Å². The van der Waals surface area contributed by atoms with Crippen molar-refractivity contribution in [2.45, 2.75) is 13.5 Å². The van der Waals surface area contributed by atoms with Gasteiger partial charge in [0.25, 0.3) is 0 Å². The Balaban J connectivity index is 3.17. The standard InChI is InChI=1S/C6H9F2N2/c1-3-10-4-9(2)5(7)6(10)8/h4H,3H2,1-2H3/q+1. The molecule has 2 nitrogen and oxygen atoms in total. The Labute approximate surface area is 57.7 Å². The fourth-order valence-corrected chi connectivity index (χ4v) is 0.795. The molecule has 56 valence electrons. The number of hydrogen-bond donors (Lipinski definition) is 0. The lowest BCUT2D eigenvalue weighted by Crippen LogP contribution is -2.29. The molecule has 0 saturated heterocycles. The van der Waals surface area contributed by atoms with Crippen LogP contribution in [0.4, 0.5) is 8.78 Å². The number of nitrogens with zero attached hydrogens (tertiary/aromatic N) is 2. The van der Waals surface area contributed by atoms with Crippen LogP contribution in [-0.4, -0.2) is 4.57 Å². The van der Waals surface area contributed by atoms with Crippen molar-refractivity contribution >= 4 is 0 Å². The minimum atomic E-state index is -0.818. The van der Waals surface area contributed by atoms with Gasteiger partial charge in [-0.15, -0.1) is 0 Å². The monoisotopic (exact) mass is 147 g/mol. The molecule has 1 rings (SSSR count). The molecule has 0 fully saturated rings. The number of halogens is 2.